The Hall–Kier alpha value is -1.97. The fourth-order valence-electron chi connectivity index (χ4n) is 1.18. The first-order valence-electron chi connectivity index (χ1n) is 3.84. The van der Waals surface area contributed by atoms with Crippen LogP contribution >= 0.6 is 0 Å². The van der Waals surface area contributed by atoms with Gasteiger partial charge < -0.3 is 4.74 Å². The number of methoxy groups -OCH3 is 1. The first-order chi connectivity index (χ1) is 6.76. The third kappa shape index (κ3) is 1.69. The van der Waals surface area contributed by atoms with Crippen LogP contribution < -0.4 is 4.74 Å². The second-order valence-electron chi connectivity index (χ2n) is 2.59. The second kappa shape index (κ2) is 4.32. The summed E-state index contributed by atoms with van der Waals surface area (Å²) in [6, 6.07) is 2.73. The molecule has 0 aromatic heterocycles. The van der Waals surface area contributed by atoms with E-state index < -0.39 is 0 Å². The van der Waals surface area contributed by atoms with Gasteiger partial charge in [0, 0.05) is 5.56 Å². The Labute approximate surface area is 80.5 Å². The fourth-order valence-corrected chi connectivity index (χ4v) is 1.18. The lowest BCUT2D eigenvalue weighted by atomic mass is 10.1. The minimum Gasteiger partial charge on any atom is -0.495 e. The molecule has 0 unspecified atom stereocenters. The molecule has 4 heteroatoms. The van der Waals surface area contributed by atoms with E-state index in [0.29, 0.717) is 18.9 Å². The summed E-state index contributed by atoms with van der Waals surface area (Å²) in [5, 5.41) is 0. The molecular weight excluding hydrogens is 184 g/mol. The average Bonchev–Trinajstić information content (AvgIpc) is 2.26. The molecule has 0 N–H and O–H groups in total. The number of rotatable bonds is 4. The molecule has 0 heterocycles. The molecule has 0 spiro atoms. The van der Waals surface area contributed by atoms with E-state index >= 15 is 0 Å². The summed E-state index contributed by atoms with van der Waals surface area (Å²) in [4.78, 5) is 31.7. The van der Waals surface area contributed by atoms with Crippen molar-refractivity contribution in [3.63, 3.8) is 0 Å². The third-order valence-corrected chi connectivity index (χ3v) is 1.76. The van der Waals surface area contributed by atoms with E-state index in [1.807, 2.05) is 0 Å². The number of carbonyl (C=O) groups is 3. The van der Waals surface area contributed by atoms with Crippen LogP contribution in [0.1, 0.15) is 31.1 Å². The van der Waals surface area contributed by atoms with Crippen molar-refractivity contribution in [3.8, 4) is 5.75 Å². The van der Waals surface area contributed by atoms with Crippen molar-refractivity contribution in [2.45, 2.75) is 0 Å². The highest BCUT2D eigenvalue weighted by Gasteiger charge is 2.09. The summed E-state index contributed by atoms with van der Waals surface area (Å²) in [5.74, 6) is 0.195. The predicted molar refractivity (Wildman–Crippen MR) is 49.2 cm³/mol. The zero-order chi connectivity index (χ0) is 10.6. The highest BCUT2D eigenvalue weighted by atomic mass is 16.5. The highest BCUT2D eigenvalue weighted by molar-refractivity contribution is 5.92. The molecule has 1 aromatic rings. The molecule has 0 aliphatic carbocycles. The summed E-state index contributed by atoms with van der Waals surface area (Å²) in [6.45, 7) is 0. The second-order valence-corrected chi connectivity index (χ2v) is 2.59. The van der Waals surface area contributed by atoms with Gasteiger partial charge in [-0.05, 0) is 12.1 Å². The van der Waals surface area contributed by atoms with Crippen LogP contribution in [0.5, 0.6) is 5.75 Å². The molecule has 1 rings (SSSR count). The molecule has 0 fully saturated rings. The number of hydrogen-bond donors (Lipinski definition) is 0. The Bertz CT molecular complexity index is 353. The Balaban J connectivity index is 3.46. The zero-order valence-corrected chi connectivity index (χ0v) is 7.52. The topological polar surface area (TPSA) is 60.4 Å². The van der Waals surface area contributed by atoms with Gasteiger partial charge in [0.05, 0.1) is 18.2 Å². The van der Waals surface area contributed by atoms with E-state index in [1.165, 1.54) is 19.2 Å². The van der Waals surface area contributed by atoms with E-state index in [4.69, 9.17) is 4.74 Å². The van der Waals surface area contributed by atoms with Gasteiger partial charge in [0.1, 0.15) is 12.0 Å². The maximum Gasteiger partial charge on any atom is 0.153 e. The van der Waals surface area contributed by atoms with Gasteiger partial charge in [-0.3, -0.25) is 14.4 Å². The van der Waals surface area contributed by atoms with Crippen LogP contribution in [-0.4, -0.2) is 26.0 Å². The molecule has 0 aliphatic heterocycles. The summed E-state index contributed by atoms with van der Waals surface area (Å²) in [7, 11) is 1.36. The van der Waals surface area contributed by atoms with Crippen molar-refractivity contribution in [1.82, 2.24) is 0 Å². The molecule has 0 radical (unpaired) electrons. The molecular formula is C10H8O4. The number of benzene rings is 1. The van der Waals surface area contributed by atoms with Crippen molar-refractivity contribution in [1.29, 1.82) is 0 Å². The smallest absolute Gasteiger partial charge is 0.153 e. The summed E-state index contributed by atoms with van der Waals surface area (Å²) in [6.07, 6.45) is 1.65. The van der Waals surface area contributed by atoms with E-state index in [0.717, 1.165) is 0 Å². The SMILES string of the molecule is COc1c(C=O)cc(C=O)cc1C=O. The number of carbonyl (C=O) groups excluding carboxylic acids is 3. The molecule has 72 valence electrons. The Morgan fingerprint density at radius 1 is 1.00 bits per heavy atom. The monoisotopic (exact) mass is 192 g/mol. The first kappa shape index (κ1) is 10.1. The van der Waals surface area contributed by atoms with E-state index in [1.54, 1.807) is 0 Å². The lowest BCUT2D eigenvalue weighted by Crippen LogP contribution is -1.98. The van der Waals surface area contributed by atoms with Crippen molar-refractivity contribution in [2.75, 3.05) is 7.11 Å². The van der Waals surface area contributed by atoms with Crippen LogP contribution in [0.2, 0.25) is 0 Å². The molecule has 0 aliphatic rings. The predicted octanol–water partition coefficient (Wildman–Crippen LogP) is 1.13. The minimum absolute atomic E-state index is 0.194. The maximum atomic E-state index is 10.6. The molecule has 1 aromatic carbocycles. The van der Waals surface area contributed by atoms with Gasteiger partial charge in [0.25, 0.3) is 0 Å². The van der Waals surface area contributed by atoms with Crippen LogP contribution in [0.15, 0.2) is 12.1 Å². The fraction of sp³-hybridized carbons (Fsp3) is 0.100. The molecule has 4 nitrogen and oxygen atoms in total. The van der Waals surface area contributed by atoms with Crippen molar-refractivity contribution in [3.05, 3.63) is 28.8 Å². The van der Waals surface area contributed by atoms with Crippen molar-refractivity contribution in [2.24, 2.45) is 0 Å². The minimum atomic E-state index is 0.194. The Morgan fingerprint density at radius 2 is 1.50 bits per heavy atom. The average molecular weight is 192 g/mol. The standard InChI is InChI=1S/C10H8O4/c1-14-10-8(5-12)2-7(4-11)3-9(10)6-13/h2-6H,1H3. The van der Waals surface area contributed by atoms with Gasteiger partial charge in [-0.1, -0.05) is 0 Å². The Kier molecular flexibility index (Phi) is 3.12. The normalized spacial score (nSPS) is 9.21. The quantitative estimate of drug-likeness (QED) is 0.671. The third-order valence-electron chi connectivity index (χ3n) is 1.76. The van der Waals surface area contributed by atoms with E-state index in [-0.39, 0.29) is 22.4 Å². The number of aldehydes is 3. The van der Waals surface area contributed by atoms with Crippen LogP contribution in [0.25, 0.3) is 0 Å². The van der Waals surface area contributed by atoms with Gasteiger partial charge in [0.15, 0.2) is 12.6 Å². The van der Waals surface area contributed by atoms with Gasteiger partial charge in [-0.2, -0.15) is 0 Å². The largest absolute Gasteiger partial charge is 0.495 e. The van der Waals surface area contributed by atoms with Crippen LogP contribution in [-0.2, 0) is 0 Å². The van der Waals surface area contributed by atoms with Gasteiger partial charge in [-0.25, -0.2) is 0 Å². The summed E-state index contributed by atoms with van der Waals surface area (Å²) in [5.41, 5.74) is 0.661. The van der Waals surface area contributed by atoms with Gasteiger partial charge in [0.2, 0.25) is 0 Å². The molecule has 0 saturated heterocycles. The molecule has 14 heavy (non-hydrogen) atoms. The lowest BCUT2D eigenvalue weighted by Gasteiger charge is -2.06. The van der Waals surface area contributed by atoms with E-state index in [2.05, 4.69) is 0 Å². The van der Waals surface area contributed by atoms with Crippen LogP contribution in [0, 0.1) is 0 Å². The number of ether oxygens (including phenoxy) is 1. The van der Waals surface area contributed by atoms with Crippen molar-refractivity contribution >= 4 is 18.9 Å². The first-order valence-corrected chi connectivity index (χ1v) is 3.84. The number of hydrogen-bond acceptors (Lipinski definition) is 4. The highest BCUT2D eigenvalue weighted by Crippen LogP contribution is 2.22. The Morgan fingerprint density at radius 3 is 1.79 bits per heavy atom. The maximum absolute atomic E-state index is 10.6. The van der Waals surface area contributed by atoms with E-state index in [9.17, 15) is 14.4 Å². The summed E-state index contributed by atoms with van der Waals surface area (Å²) < 4.78 is 4.88. The van der Waals surface area contributed by atoms with Crippen LogP contribution in [0.3, 0.4) is 0 Å². The summed E-state index contributed by atoms with van der Waals surface area (Å²) >= 11 is 0. The zero-order valence-electron chi connectivity index (χ0n) is 7.52. The van der Waals surface area contributed by atoms with Crippen LogP contribution in [0.4, 0.5) is 0 Å². The molecule has 0 bridgehead atoms. The van der Waals surface area contributed by atoms with Gasteiger partial charge in [-0.15, -0.1) is 0 Å². The molecule has 0 amide bonds. The van der Waals surface area contributed by atoms with Crippen molar-refractivity contribution < 1.29 is 19.1 Å². The lowest BCUT2D eigenvalue weighted by molar-refractivity contribution is 0.111. The molecule has 0 atom stereocenters. The molecule has 0 saturated carbocycles. The van der Waals surface area contributed by atoms with Gasteiger partial charge >= 0.3 is 0 Å².